The zero-order valence-corrected chi connectivity index (χ0v) is 10.7. The van der Waals surface area contributed by atoms with E-state index in [2.05, 4.69) is 5.32 Å². The number of thioether (sulfide) groups is 1. The molecule has 1 heterocycles. The second-order valence-corrected chi connectivity index (χ2v) is 6.11. The largest absolute Gasteiger partial charge is 0.481 e. The van der Waals surface area contributed by atoms with Gasteiger partial charge in [0.2, 0.25) is 5.91 Å². The van der Waals surface area contributed by atoms with E-state index in [9.17, 15) is 9.59 Å². The summed E-state index contributed by atoms with van der Waals surface area (Å²) >= 11 is 1.88. The average molecular weight is 257 g/mol. The van der Waals surface area contributed by atoms with Gasteiger partial charge in [0.05, 0.1) is 5.92 Å². The number of rotatable bonds is 3. The fourth-order valence-electron chi connectivity index (χ4n) is 2.57. The van der Waals surface area contributed by atoms with Crippen molar-refractivity contribution < 1.29 is 14.7 Å². The van der Waals surface area contributed by atoms with Crippen LogP contribution in [0.5, 0.6) is 0 Å². The molecule has 1 aliphatic carbocycles. The molecule has 2 rings (SSSR count). The normalized spacial score (nSPS) is 33.3. The molecule has 1 saturated carbocycles. The lowest BCUT2D eigenvalue weighted by Gasteiger charge is -2.26. The highest BCUT2D eigenvalue weighted by molar-refractivity contribution is 7.99. The lowest BCUT2D eigenvalue weighted by molar-refractivity contribution is -0.144. The number of aliphatic carboxylic acids is 1. The first kappa shape index (κ1) is 12.7. The van der Waals surface area contributed by atoms with E-state index in [4.69, 9.17) is 5.11 Å². The zero-order valence-electron chi connectivity index (χ0n) is 9.85. The molecule has 1 amide bonds. The van der Waals surface area contributed by atoms with E-state index < -0.39 is 5.97 Å². The van der Waals surface area contributed by atoms with Gasteiger partial charge in [0.15, 0.2) is 0 Å². The highest BCUT2D eigenvalue weighted by Crippen LogP contribution is 2.29. The molecular formula is C12H19NO3S. The number of carboxylic acid groups (broad SMARTS) is 1. The van der Waals surface area contributed by atoms with Crippen molar-refractivity contribution in [2.24, 2.45) is 11.8 Å². The first-order valence-electron chi connectivity index (χ1n) is 6.27. The Morgan fingerprint density at radius 3 is 2.24 bits per heavy atom. The van der Waals surface area contributed by atoms with E-state index in [0.29, 0.717) is 18.9 Å². The maximum absolute atomic E-state index is 12.0. The number of carboxylic acids is 1. The molecule has 2 N–H and O–H groups in total. The average Bonchev–Trinajstić information content (AvgIpc) is 2.82. The lowest BCUT2D eigenvalue weighted by Crippen LogP contribution is -2.40. The molecule has 0 aromatic heterocycles. The van der Waals surface area contributed by atoms with Gasteiger partial charge < -0.3 is 10.4 Å². The van der Waals surface area contributed by atoms with E-state index in [0.717, 1.165) is 30.8 Å². The first-order chi connectivity index (χ1) is 8.16. The molecule has 2 fully saturated rings. The van der Waals surface area contributed by atoms with E-state index >= 15 is 0 Å². The summed E-state index contributed by atoms with van der Waals surface area (Å²) in [6, 6.07) is 0.338. The van der Waals surface area contributed by atoms with Crippen molar-refractivity contribution in [2.75, 3.05) is 11.5 Å². The van der Waals surface area contributed by atoms with E-state index in [1.54, 1.807) is 0 Å². The van der Waals surface area contributed by atoms with Crippen molar-refractivity contribution in [3.8, 4) is 0 Å². The van der Waals surface area contributed by atoms with Crippen molar-refractivity contribution in [1.82, 2.24) is 5.32 Å². The Balaban J connectivity index is 1.75. The number of hydrogen-bond acceptors (Lipinski definition) is 3. The maximum Gasteiger partial charge on any atom is 0.306 e. The molecule has 1 aliphatic heterocycles. The number of amides is 1. The third kappa shape index (κ3) is 3.37. The van der Waals surface area contributed by atoms with E-state index in [1.165, 1.54) is 0 Å². The Morgan fingerprint density at radius 2 is 1.71 bits per heavy atom. The van der Waals surface area contributed by atoms with Crippen LogP contribution in [-0.2, 0) is 9.59 Å². The summed E-state index contributed by atoms with van der Waals surface area (Å²) in [5.74, 6) is 1.39. The summed E-state index contributed by atoms with van der Waals surface area (Å²) in [4.78, 5) is 22.8. The molecule has 96 valence electrons. The first-order valence-corrected chi connectivity index (χ1v) is 7.43. The molecule has 0 aromatic rings. The molecule has 2 aliphatic rings. The molecular weight excluding hydrogens is 238 g/mol. The molecule has 0 aromatic carbocycles. The van der Waals surface area contributed by atoms with Crippen LogP contribution >= 0.6 is 11.8 Å². The van der Waals surface area contributed by atoms with Crippen LogP contribution in [0.4, 0.5) is 0 Å². The summed E-state index contributed by atoms with van der Waals surface area (Å²) < 4.78 is 0. The molecule has 0 radical (unpaired) electrons. The predicted octanol–water partition coefficient (Wildman–Crippen LogP) is 1.50. The zero-order chi connectivity index (χ0) is 12.3. The van der Waals surface area contributed by atoms with Crippen molar-refractivity contribution >= 4 is 23.6 Å². The summed E-state index contributed by atoms with van der Waals surface area (Å²) in [6.07, 6.45) is 3.81. The van der Waals surface area contributed by atoms with Crippen LogP contribution in [0.15, 0.2) is 0 Å². The fourth-order valence-corrected chi connectivity index (χ4v) is 3.72. The third-order valence-corrected chi connectivity index (χ3v) is 4.89. The summed E-state index contributed by atoms with van der Waals surface area (Å²) in [7, 11) is 0. The SMILES string of the molecule is O=C(O)C1CCC(C(=O)NC2CCSC2)CC1. The topological polar surface area (TPSA) is 66.4 Å². The maximum atomic E-state index is 12.0. The fraction of sp³-hybridized carbons (Fsp3) is 0.833. The van der Waals surface area contributed by atoms with Crippen LogP contribution in [0, 0.1) is 11.8 Å². The van der Waals surface area contributed by atoms with Gasteiger partial charge in [0.25, 0.3) is 0 Å². The second kappa shape index (κ2) is 5.76. The molecule has 5 heteroatoms. The van der Waals surface area contributed by atoms with E-state index in [1.807, 2.05) is 11.8 Å². The molecule has 1 atom stereocenters. The van der Waals surface area contributed by atoms with Gasteiger partial charge in [-0.2, -0.15) is 11.8 Å². The van der Waals surface area contributed by atoms with Gasteiger partial charge in [-0.15, -0.1) is 0 Å². The monoisotopic (exact) mass is 257 g/mol. The van der Waals surface area contributed by atoms with Crippen LogP contribution in [0.3, 0.4) is 0 Å². The van der Waals surface area contributed by atoms with Gasteiger partial charge in [-0.3, -0.25) is 9.59 Å². The van der Waals surface area contributed by atoms with Crippen molar-refractivity contribution in [1.29, 1.82) is 0 Å². The molecule has 17 heavy (non-hydrogen) atoms. The molecule has 0 bridgehead atoms. The number of nitrogens with one attached hydrogen (secondary N) is 1. The smallest absolute Gasteiger partial charge is 0.306 e. The van der Waals surface area contributed by atoms with E-state index in [-0.39, 0.29) is 17.7 Å². The van der Waals surface area contributed by atoms with Crippen LogP contribution in [0.1, 0.15) is 32.1 Å². The minimum Gasteiger partial charge on any atom is -0.481 e. The predicted molar refractivity (Wildman–Crippen MR) is 67.0 cm³/mol. The van der Waals surface area contributed by atoms with Crippen LogP contribution in [0.2, 0.25) is 0 Å². The van der Waals surface area contributed by atoms with Crippen molar-refractivity contribution in [3.05, 3.63) is 0 Å². The molecule has 1 unspecified atom stereocenters. The minimum absolute atomic E-state index is 0.0381. The van der Waals surface area contributed by atoms with Gasteiger partial charge >= 0.3 is 5.97 Å². The number of carbonyl (C=O) groups is 2. The summed E-state index contributed by atoms with van der Waals surface area (Å²) in [6.45, 7) is 0. The van der Waals surface area contributed by atoms with Gasteiger partial charge in [0, 0.05) is 17.7 Å². The Hall–Kier alpha value is -0.710. The quantitative estimate of drug-likeness (QED) is 0.804. The molecule has 1 saturated heterocycles. The Morgan fingerprint density at radius 1 is 1.06 bits per heavy atom. The van der Waals surface area contributed by atoms with Gasteiger partial charge in [-0.25, -0.2) is 0 Å². The highest BCUT2D eigenvalue weighted by atomic mass is 32.2. The Labute approximate surface area is 106 Å². The molecule has 4 nitrogen and oxygen atoms in total. The van der Waals surface area contributed by atoms with Gasteiger partial charge in [0.1, 0.15) is 0 Å². The lowest BCUT2D eigenvalue weighted by atomic mass is 9.81. The Kier molecular flexibility index (Phi) is 4.31. The van der Waals surface area contributed by atoms with Crippen molar-refractivity contribution in [3.63, 3.8) is 0 Å². The highest BCUT2D eigenvalue weighted by Gasteiger charge is 2.30. The molecule has 0 spiro atoms. The standard InChI is InChI=1S/C12H19NO3S/c14-11(13-10-5-6-17-7-10)8-1-3-9(4-2-8)12(15)16/h8-10H,1-7H2,(H,13,14)(H,15,16). The van der Waals surface area contributed by atoms with Crippen molar-refractivity contribution in [2.45, 2.75) is 38.1 Å². The van der Waals surface area contributed by atoms with Gasteiger partial charge in [-0.05, 0) is 37.9 Å². The third-order valence-electron chi connectivity index (χ3n) is 3.72. The minimum atomic E-state index is -0.712. The second-order valence-electron chi connectivity index (χ2n) is 4.96. The summed E-state index contributed by atoms with van der Waals surface area (Å²) in [5, 5.41) is 12.0. The number of carbonyl (C=O) groups excluding carboxylic acids is 1. The van der Waals surface area contributed by atoms with Gasteiger partial charge in [-0.1, -0.05) is 0 Å². The van der Waals surface area contributed by atoms with Crippen LogP contribution in [-0.4, -0.2) is 34.5 Å². The van der Waals surface area contributed by atoms with Crippen LogP contribution in [0.25, 0.3) is 0 Å². The summed E-state index contributed by atoms with van der Waals surface area (Å²) in [5.41, 5.74) is 0. The number of hydrogen-bond donors (Lipinski definition) is 2. The van der Waals surface area contributed by atoms with Crippen LogP contribution < -0.4 is 5.32 Å². The Bertz CT molecular complexity index is 294.